The highest BCUT2D eigenvalue weighted by molar-refractivity contribution is 7.89. The molecular formula is C12H17F2NO3S. The molecule has 4 nitrogen and oxygen atoms in total. The fourth-order valence-electron chi connectivity index (χ4n) is 1.70. The van der Waals surface area contributed by atoms with Crippen molar-refractivity contribution in [3.8, 4) is 0 Å². The maximum Gasteiger partial charge on any atom is 0.252 e. The maximum atomic E-state index is 12.4. The zero-order chi connectivity index (χ0) is 14.6. The summed E-state index contributed by atoms with van der Waals surface area (Å²) in [6.45, 7) is 1.56. The molecule has 0 radical (unpaired) electrons. The summed E-state index contributed by atoms with van der Waals surface area (Å²) in [5.74, 6) is 0. The lowest BCUT2D eigenvalue weighted by Crippen LogP contribution is -2.37. The summed E-state index contributed by atoms with van der Waals surface area (Å²) in [6, 6.07) is 4.82. The van der Waals surface area contributed by atoms with E-state index in [-0.39, 0.29) is 11.4 Å². The third kappa shape index (κ3) is 3.95. The van der Waals surface area contributed by atoms with Gasteiger partial charge in [0.05, 0.1) is 18.0 Å². The molecule has 0 aliphatic heterocycles. The number of hydrogen-bond donors (Lipinski definition) is 1. The number of sulfonamides is 1. The summed E-state index contributed by atoms with van der Waals surface area (Å²) in [7, 11) is -4.02. The first-order valence-corrected chi connectivity index (χ1v) is 7.19. The molecule has 0 heterocycles. The highest BCUT2D eigenvalue weighted by atomic mass is 32.2. The summed E-state index contributed by atoms with van der Waals surface area (Å²) in [5.41, 5.74) is 1.22. The van der Waals surface area contributed by atoms with Gasteiger partial charge in [-0.1, -0.05) is 12.1 Å². The maximum absolute atomic E-state index is 12.4. The van der Waals surface area contributed by atoms with Crippen molar-refractivity contribution >= 4 is 10.0 Å². The van der Waals surface area contributed by atoms with Crippen molar-refractivity contribution in [2.45, 2.75) is 25.2 Å². The van der Waals surface area contributed by atoms with Gasteiger partial charge < -0.3 is 5.11 Å². The highest BCUT2D eigenvalue weighted by Gasteiger charge is 2.28. The molecule has 0 spiro atoms. The smallest absolute Gasteiger partial charge is 0.252 e. The molecule has 1 aromatic rings. The van der Waals surface area contributed by atoms with E-state index in [4.69, 9.17) is 5.11 Å². The first-order chi connectivity index (χ1) is 8.78. The number of aliphatic hydroxyl groups is 1. The van der Waals surface area contributed by atoms with Gasteiger partial charge in [0.25, 0.3) is 6.43 Å². The second-order valence-corrected chi connectivity index (χ2v) is 6.15. The molecule has 0 amide bonds. The van der Waals surface area contributed by atoms with Crippen molar-refractivity contribution in [1.29, 1.82) is 0 Å². The quantitative estimate of drug-likeness (QED) is 0.866. The van der Waals surface area contributed by atoms with Crippen molar-refractivity contribution in [2.75, 3.05) is 19.7 Å². The Labute approximate surface area is 111 Å². The van der Waals surface area contributed by atoms with E-state index in [0.29, 0.717) is 9.87 Å². The number of hydrogen-bond acceptors (Lipinski definition) is 3. The van der Waals surface area contributed by atoms with Gasteiger partial charge in [-0.15, -0.1) is 0 Å². The highest BCUT2D eigenvalue weighted by Crippen LogP contribution is 2.21. The number of aliphatic hydroxyl groups excluding tert-OH is 1. The molecule has 0 fully saturated rings. The SMILES string of the molecule is Cc1ccc(C)c(S(=O)(=O)N(CCO)CC(F)F)c1. The van der Waals surface area contributed by atoms with Crippen LogP contribution < -0.4 is 0 Å². The van der Waals surface area contributed by atoms with E-state index < -0.39 is 29.6 Å². The van der Waals surface area contributed by atoms with Crippen LogP contribution in [0.25, 0.3) is 0 Å². The molecule has 1 rings (SSSR count). The van der Waals surface area contributed by atoms with E-state index in [1.165, 1.54) is 6.07 Å². The molecule has 0 aliphatic carbocycles. The molecule has 0 unspecified atom stereocenters. The van der Waals surface area contributed by atoms with Crippen molar-refractivity contribution in [1.82, 2.24) is 4.31 Å². The van der Waals surface area contributed by atoms with E-state index in [0.717, 1.165) is 5.56 Å². The lowest BCUT2D eigenvalue weighted by molar-refractivity contribution is 0.113. The Hall–Kier alpha value is -1.05. The minimum atomic E-state index is -4.02. The normalized spacial score (nSPS) is 12.4. The summed E-state index contributed by atoms with van der Waals surface area (Å²) >= 11 is 0. The van der Waals surface area contributed by atoms with Gasteiger partial charge in [0.2, 0.25) is 10.0 Å². The summed E-state index contributed by atoms with van der Waals surface area (Å²) in [4.78, 5) is 0.00148. The van der Waals surface area contributed by atoms with Crippen LogP contribution in [0.15, 0.2) is 23.1 Å². The molecule has 0 aromatic heterocycles. The van der Waals surface area contributed by atoms with E-state index in [9.17, 15) is 17.2 Å². The van der Waals surface area contributed by atoms with Crippen LogP contribution >= 0.6 is 0 Å². The standard InChI is InChI=1S/C12H17F2NO3S/c1-9-3-4-10(2)11(7-9)19(17,18)15(5-6-16)8-12(13)14/h3-4,7,12,16H,5-6,8H2,1-2H3. The average Bonchev–Trinajstić information content (AvgIpc) is 2.31. The van der Waals surface area contributed by atoms with Gasteiger partial charge in [0, 0.05) is 6.54 Å². The number of benzene rings is 1. The van der Waals surface area contributed by atoms with Gasteiger partial charge in [-0.3, -0.25) is 0 Å². The Bertz CT molecular complexity index is 532. The first-order valence-electron chi connectivity index (χ1n) is 5.75. The van der Waals surface area contributed by atoms with Crippen LogP contribution in [0.2, 0.25) is 0 Å². The van der Waals surface area contributed by atoms with Gasteiger partial charge in [-0.25, -0.2) is 17.2 Å². The topological polar surface area (TPSA) is 57.6 Å². The monoisotopic (exact) mass is 293 g/mol. The fourth-order valence-corrected chi connectivity index (χ4v) is 3.42. The van der Waals surface area contributed by atoms with Crippen LogP contribution in [-0.4, -0.2) is 44.0 Å². The second-order valence-electron chi connectivity index (χ2n) is 4.25. The Kier molecular flexibility index (Phi) is 5.39. The fraction of sp³-hybridized carbons (Fsp3) is 0.500. The Morgan fingerprint density at radius 3 is 2.47 bits per heavy atom. The van der Waals surface area contributed by atoms with Crippen LogP contribution in [0.4, 0.5) is 8.78 Å². The Morgan fingerprint density at radius 1 is 1.32 bits per heavy atom. The van der Waals surface area contributed by atoms with Crippen LogP contribution in [0.1, 0.15) is 11.1 Å². The number of nitrogens with zero attached hydrogens (tertiary/aromatic N) is 1. The third-order valence-electron chi connectivity index (χ3n) is 2.65. The molecule has 7 heteroatoms. The van der Waals surface area contributed by atoms with Gasteiger partial charge in [0.1, 0.15) is 0 Å². The lowest BCUT2D eigenvalue weighted by atomic mass is 10.2. The lowest BCUT2D eigenvalue weighted by Gasteiger charge is -2.22. The molecule has 0 atom stereocenters. The van der Waals surface area contributed by atoms with Crippen LogP contribution in [0, 0.1) is 13.8 Å². The molecule has 0 saturated carbocycles. The number of alkyl halides is 2. The van der Waals surface area contributed by atoms with Crippen LogP contribution in [0.5, 0.6) is 0 Å². The second kappa shape index (κ2) is 6.40. The zero-order valence-electron chi connectivity index (χ0n) is 10.8. The van der Waals surface area contributed by atoms with Crippen LogP contribution in [0.3, 0.4) is 0 Å². The summed E-state index contributed by atoms with van der Waals surface area (Å²) in [6.07, 6.45) is -2.79. The Balaban J connectivity index is 3.22. The minimum absolute atomic E-state index is 0.00148. The van der Waals surface area contributed by atoms with E-state index in [1.807, 2.05) is 0 Å². The van der Waals surface area contributed by atoms with E-state index >= 15 is 0 Å². The van der Waals surface area contributed by atoms with Gasteiger partial charge in [0.15, 0.2) is 0 Å². The van der Waals surface area contributed by atoms with Gasteiger partial charge in [-0.05, 0) is 31.0 Å². The molecule has 0 bridgehead atoms. The van der Waals surface area contributed by atoms with Gasteiger partial charge >= 0.3 is 0 Å². The predicted octanol–water partition coefficient (Wildman–Crippen LogP) is 1.55. The third-order valence-corrected chi connectivity index (χ3v) is 4.66. The number of aryl methyl sites for hydroxylation is 2. The molecule has 1 N–H and O–H groups in total. The van der Waals surface area contributed by atoms with Crippen molar-refractivity contribution < 1.29 is 22.3 Å². The molecule has 0 saturated heterocycles. The molecule has 108 valence electrons. The first kappa shape index (κ1) is 16.0. The van der Waals surface area contributed by atoms with E-state index in [1.54, 1.807) is 26.0 Å². The van der Waals surface area contributed by atoms with Crippen LogP contribution in [-0.2, 0) is 10.0 Å². The number of rotatable bonds is 6. The average molecular weight is 293 g/mol. The molecule has 1 aromatic carbocycles. The van der Waals surface area contributed by atoms with Gasteiger partial charge in [-0.2, -0.15) is 4.31 Å². The summed E-state index contributed by atoms with van der Waals surface area (Å²) < 4.78 is 50.1. The largest absolute Gasteiger partial charge is 0.395 e. The van der Waals surface area contributed by atoms with Crippen molar-refractivity contribution in [2.24, 2.45) is 0 Å². The molecular weight excluding hydrogens is 276 g/mol. The van der Waals surface area contributed by atoms with E-state index in [2.05, 4.69) is 0 Å². The number of halogens is 2. The van der Waals surface area contributed by atoms with Crippen molar-refractivity contribution in [3.63, 3.8) is 0 Å². The van der Waals surface area contributed by atoms with Crippen molar-refractivity contribution in [3.05, 3.63) is 29.3 Å². The Morgan fingerprint density at radius 2 is 1.95 bits per heavy atom. The molecule has 0 aliphatic rings. The summed E-state index contributed by atoms with van der Waals surface area (Å²) in [5, 5.41) is 8.83. The minimum Gasteiger partial charge on any atom is -0.395 e. The molecule has 19 heavy (non-hydrogen) atoms. The zero-order valence-corrected chi connectivity index (χ0v) is 11.6. The predicted molar refractivity (Wildman–Crippen MR) is 67.8 cm³/mol.